The molecule has 2 nitrogen and oxygen atoms in total. The van der Waals surface area contributed by atoms with Gasteiger partial charge in [0, 0.05) is 0 Å². The number of nitrogens with one attached hydrogen (secondary N) is 1. The molecule has 0 heterocycles. The molecular formula is C8H10Cl3NO. The zero-order chi connectivity index (χ0) is 9.90. The topological polar surface area (TPSA) is 33.1 Å². The van der Waals surface area contributed by atoms with Crippen molar-refractivity contribution in [1.29, 1.82) is 5.41 Å². The summed E-state index contributed by atoms with van der Waals surface area (Å²) in [6.07, 6.45) is 6.78. The highest BCUT2D eigenvalue weighted by Crippen LogP contribution is 2.29. The van der Waals surface area contributed by atoms with Crippen molar-refractivity contribution in [2.75, 3.05) is 0 Å². The SMILES string of the molecule is N=C(OC1C=CCCC1)C(Cl)(Cl)Cl. The molecule has 0 spiro atoms. The van der Waals surface area contributed by atoms with E-state index in [2.05, 4.69) is 0 Å². The molecule has 0 saturated heterocycles. The van der Waals surface area contributed by atoms with E-state index in [1.807, 2.05) is 12.2 Å². The minimum Gasteiger partial charge on any atom is -0.471 e. The molecule has 0 bridgehead atoms. The van der Waals surface area contributed by atoms with Crippen molar-refractivity contribution in [2.24, 2.45) is 0 Å². The normalized spacial score (nSPS) is 22.8. The lowest BCUT2D eigenvalue weighted by atomic mass is 10.1. The van der Waals surface area contributed by atoms with Crippen LogP contribution in [0.1, 0.15) is 19.3 Å². The van der Waals surface area contributed by atoms with Crippen molar-refractivity contribution < 1.29 is 4.74 Å². The van der Waals surface area contributed by atoms with E-state index >= 15 is 0 Å². The summed E-state index contributed by atoms with van der Waals surface area (Å²) in [6.45, 7) is 0. The first-order valence-corrected chi connectivity index (χ1v) is 5.12. The average Bonchev–Trinajstić information content (AvgIpc) is 2.04. The van der Waals surface area contributed by atoms with Gasteiger partial charge < -0.3 is 4.74 Å². The highest BCUT2D eigenvalue weighted by Gasteiger charge is 2.30. The number of hydrogen-bond acceptors (Lipinski definition) is 2. The Balaban J connectivity index is 2.44. The number of allylic oxidation sites excluding steroid dienone is 1. The Hall–Kier alpha value is 0.0800. The molecule has 1 unspecified atom stereocenters. The maximum atomic E-state index is 7.32. The van der Waals surface area contributed by atoms with Crippen molar-refractivity contribution in [2.45, 2.75) is 29.2 Å². The van der Waals surface area contributed by atoms with Gasteiger partial charge in [-0.15, -0.1) is 0 Å². The molecule has 0 aromatic heterocycles. The van der Waals surface area contributed by atoms with Gasteiger partial charge in [-0.2, -0.15) is 0 Å². The maximum Gasteiger partial charge on any atom is 0.265 e. The number of hydrogen-bond donors (Lipinski definition) is 1. The van der Waals surface area contributed by atoms with E-state index in [0.717, 1.165) is 19.3 Å². The second kappa shape index (κ2) is 4.54. The smallest absolute Gasteiger partial charge is 0.265 e. The van der Waals surface area contributed by atoms with Crippen LogP contribution in [-0.2, 0) is 4.74 Å². The average molecular weight is 243 g/mol. The van der Waals surface area contributed by atoms with Gasteiger partial charge in [0.2, 0.25) is 5.90 Å². The van der Waals surface area contributed by atoms with Gasteiger partial charge in [0.1, 0.15) is 6.10 Å². The molecule has 74 valence electrons. The summed E-state index contributed by atoms with van der Waals surface area (Å²) in [5.74, 6) is -0.311. The molecule has 1 aliphatic carbocycles. The molecule has 0 saturated carbocycles. The van der Waals surface area contributed by atoms with Crippen LogP contribution in [0.3, 0.4) is 0 Å². The third kappa shape index (κ3) is 3.75. The lowest BCUT2D eigenvalue weighted by molar-refractivity contribution is 0.210. The summed E-state index contributed by atoms with van der Waals surface area (Å²) in [6, 6.07) is 0. The van der Waals surface area contributed by atoms with E-state index in [1.165, 1.54) is 0 Å². The fourth-order valence-electron chi connectivity index (χ4n) is 1.10. The van der Waals surface area contributed by atoms with Gasteiger partial charge >= 0.3 is 0 Å². The Morgan fingerprint density at radius 1 is 1.46 bits per heavy atom. The Morgan fingerprint density at radius 3 is 2.62 bits per heavy atom. The highest BCUT2D eigenvalue weighted by molar-refractivity contribution is 6.76. The van der Waals surface area contributed by atoms with Crippen LogP contribution in [0.25, 0.3) is 0 Å². The number of alkyl halides is 3. The summed E-state index contributed by atoms with van der Waals surface area (Å²) in [5.41, 5.74) is 0. The minimum absolute atomic E-state index is 0.114. The van der Waals surface area contributed by atoms with Crippen molar-refractivity contribution in [3.63, 3.8) is 0 Å². The van der Waals surface area contributed by atoms with E-state index in [9.17, 15) is 0 Å². The molecule has 0 aromatic carbocycles. The predicted molar refractivity (Wildman–Crippen MR) is 55.9 cm³/mol. The lowest BCUT2D eigenvalue weighted by Crippen LogP contribution is -2.26. The monoisotopic (exact) mass is 241 g/mol. The molecule has 0 fully saturated rings. The van der Waals surface area contributed by atoms with Gasteiger partial charge in [0.25, 0.3) is 3.79 Å². The van der Waals surface area contributed by atoms with Crippen LogP contribution < -0.4 is 0 Å². The molecule has 0 aliphatic heterocycles. The van der Waals surface area contributed by atoms with Crippen LogP contribution in [0.15, 0.2) is 12.2 Å². The summed E-state index contributed by atoms with van der Waals surface area (Å²) >= 11 is 16.4. The van der Waals surface area contributed by atoms with Gasteiger partial charge in [-0.25, -0.2) is 0 Å². The van der Waals surface area contributed by atoms with Crippen LogP contribution in [0, 0.1) is 5.41 Å². The van der Waals surface area contributed by atoms with Crippen LogP contribution in [0.4, 0.5) is 0 Å². The van der Waals surface area contributed by atoms with Crippen LogP contribution in [0.2, 0.25) is 0 Å². The van der Waals surface area contributed by atoms with Crippen molar-refractivity contribution in [3.05, 3.63) is 12.2 Å². The Labute approximate surface area is 92.3 Å². The Bertz CT molecular complexity index is 222. The first-order valence-electron chi connectivity index (χ1n) is 3.99. The molecule has 0 aromatic rings. The van der Waals surface area contributed by atoms with Gasteiger partial charge in [-0.05, 0) is 25.3 Å². The van der Waals surface area contributed by atoms with Gasteiger partial charge in [-0.3, -0.25) is 5.41 Å². The molecule has 5 heteroatoms. The molecule has 0 amide bonds. The largest absolute Gasteiger partial charge is 0.471 e. The van der Waals surface area contributed by atoms with Gasteiger partial charge in [0.15, 0.2) is 0 Å². The van der Waals surface area contributed by atoms with Crippen LogP contribution in [0.5, 0.6) is 0 Å². The molecule has 0 radical (unpaired) electrons. The van der Waals surface area contributed by atoms with E-state index < -0.39 is 3.79 Å². The fraction of sp³-hybridized carbons (Fsp3) is 0.625. The van der Waals surface area contributed by atoms with Crippen molar-refractivity contribution in [3.8, 4) is 0 Å². The molecule has 1 N–H and O–H groups in total. The quantitative estimate of drug-likeness (QED) is 0.325. The van der Waals surface area contributed by atoms with Crippen LogP contribution >= 0.6 is 34.8 Å². The first-order chi connectivity index (χ1) is 6.00. The molecule has 13 heavy (non-hydrogen) atoms. The van der Waals surface area contributed by atoms with E-state index in [0.29, 0.717) is 0 Å². The summed E-state index contributed by atoms with van der Waals surface area (Å²) < 4.78 is 3.41. The molecule has 1 aliphatic rings. The lowest BCUT2D eigenvalue weighted by Gasteiger charge is -2.21. The van der Waals surface area contributed by atoms with Crippen LogP contribution in [-0.4, -0.2) is 15.8 Å². The Morgan fingerprint density at radius 2 is 2.15 bits per heavy atom. The van der Waals surface area contributed by atoms with Gasteiger partial charge in [0.05, 0.1) is 0 Å². The molecule has 1 rings (SSSR count). The van der Waals surface area contributed by atoms with E-state index in [-0.39, 0.29) is 12.0 Å². The molecular weight excluding hydrogens is 232 g/mol. The summed E-state index contributed by atoms with van der Waals surface area (Å²) in [5, 5.41) is 7.32. The number of rotatable bonds is 1. The summed E-state index contributed by atoms with van der Waals surface area (Å²) in [7, 11) is 0. The fourth-order valence-corrected chi connectivity index (χ4v) is 1.23. The third-order valence-corrected chi connectivity index (χ3v) is 2.25. The predicted octanol–water partition coefficient (Wildman–Crippen LogP) is 3.46. The van der Waals surface area contributed by atoms with Crippen molar-refractivity contribution >= 4 is 40.7 Å². The number of ether oxygens (including phenoxy) is 1. The van der Waals surface area contributed by atoms with Crippen molar-refractivity contribution in [1.82, 2.24) is 0 Å². The first kappa shape index (κ1) is 11.2. The second-order valence-electron chi connectivity index (χ2n) is 2.84. The molecule has 1 atom stereocenters. The number of halogens is 3. The Kier molecular flexibility index (Phi) is 3.89. The summed E-state index contributed by atoms with van der Waals surface area (Å²) in [4.78, 5) is 0. The van der Waals surface area contributed by atoms with Gasteiger partial charge in [-0.1, -0.05) is 40.9 Å². The third-order valence-electron chi connectivity index (χ3n) is 1.74. The van der Waals surface area contributed by atoms with E-state index in [4.69, 9.17) is 44.9 Å². The standard InChI is InChI=1S/C8H10Cl3NO/c9-8(10,11)7(12)13-6-4-2-1-3-5-6/h2,4,6,12H,1,3,5H2. The minimum atomic E-state index is -1.74. The second-order valence-corrected chi connectivity index (χ2v) is 5.12. The highest BCUT2D eigenvalue weighted by atomic mass is 35.6. The maximum absolute atomic E-state index is 7.32. The zero-order valence-corrected chi connectivity index (χ0v) is 9.16. The zero-order valence-electron chi connectivity index (χ0n) is 6.90. The van der Waals surface area contributed by atoms with E-state index in [1.54, 1.807) is 0 Å².